The molecule has 0 aliphatic heterocycles. The van der Waals surface area contributed by atoms with Gasteiger partial charge in [0.05, 0.1) is 5.52 Å². The third kappa shape index (κ3) is 3.41. The normalized spacial score (nSPS) is 18.9. The van der Waals surface area contributed by atoms with E-state index in [0.29, 0.717) is 4.83 Å². The smallest absolute Gasteiger partial charge is 0.0705 e. The van der Waals surface area contributed by atoms with Gasteiger partial charge in [-0.2, -0.15) is 0 Å². The first-order valence-corrected chi connectivity index (χ1v) is 8.73. The Hall–Kier alpha value is -0.890. The number of pyridine rings is 1. The maximum Gasteiger partial charge on any atom is 0.0705 e. The summed E-state index contributed by atoms with van der Waals surface area (Å²) in [5, 5.41) is 1.23. The molecule has 1 aromatic carbocycles. The van der Waals surface area contributed by atoms with E-state index in [1.807, 2.05) is 0 Å². The number of rotatable bonds is 3. The molecule has 0 bridgehead atoms. The van der Waals surface area contributed by atoms with E-state index in [1.165, 1.54) is 49.6 Å². The van der Waals surface area contributed by atoms with Crippen molar-refractivity contribution in [1.82, 2.24) is 4.98 Å². The van der Waals surface area contributed by atoms with E-state index in [2.05, 4.69) is 52.3 Å². The lowest BCUT2D eigenvalue weighted by Gasteiger charge is -2.20. The monoisotopic (exact) mass is 331 g/mol. The number of aromatic nitrogens is 1. The van der Waals surface area contributed by atoms with Crippen LogP contribution in [0.4, 0.5) is 0 Å². The number of halogens is 1. The number of fused-ring (bicyclic) bond motifs is 1. The highest BCUT2D eigenvalue weighted by molar-refractivity contribution is 9.09. The lowest BCUT2D eigenvalue weighted by atomic mass is 9.94. The molecule has 1 aliphatic carbocycles. The molecule has 2 heteroatoms. The molecule has 1 heterocycles. The highest BCUT2D eigenvalue weighted by Gasteiger charge is 2.21. The van der Waals surface area contributed by atoms with Crippen molar-refractivity contribution in [2.45, 2.75) is 49.8 Å². The Morgan fingerprint density at radius 2 is 1.75 bits per heavy atom. The molecule has 3 rings (SSSR count). The van der Waals surface area contributed by atoms with Crippen LogP contribution in [-0.4, -0.2) is 9.81 Å². The van der Waals surface area contributed by atoms with E-state index in [0.717, 1.165) is 17.9 Å². The predicted molar refractivity (Wildman–Crippen MR) is 89.4 cm³/mol. The first-order chi connectivity index (χ1) is 9.83. The highest BCUT2D eigenvalue weighted by Crippen LogP contribution is 2.31. The van der Waals surface area contributed by atoms with Gasteiger partial charge in [0.1, 0.15) is 0 Å². The Bertz CT molecular complexity index is 558. The van der Waals surface area contributed by atoms with Crippen LogP contribution in [0.5, 0.6) is 0 Å². The number of para-hydroxylation sites is 1. The van der Waals surface area contributed by atoms with E-state index in [-0.39, 0.29) is 0 Å². The van der Waals surface area contributed by atoms with Gasteiger partial charge < -0.3 is 0 Å². The summed E-state index contributed by atoms with van der Waals surface area (Å²) in [5.41, 5.74) is 2.33. The van der Waals surface area contributed by atoms with Crippen LogP contribution in [0.25, 0.3) is 10.9 Å². The summed E-state index contributed by atoms with van der Waals surface area (Å²) in [5.74, 6) is 0.825. The average molecular weight is 332 g/mol. The Kier molecular flexibility index (Phi) is 4.72. The SMILES string of the molecule is BrC(Cc1ccc2ccccc2n1)C1CCCCCC1. The van der Waals surface area contributed by atoms with Gasteiger partial charge in [-0.1, -0.05) is 65.9 Å². The molecule has 106 valence electrons. The maximum absolute atomic E-state index is 4.80. The van der Waals surface area contributed by atoms with Gasteiger partial charge in [-0.05, 0) is 30.9 Å². The molecule has 1 aliphatic rings. The third-order valence-electron chi connectivity index (χ3n) is 4.47. The highest BCUT2D eigenvalue weighted by atomic mass is 79.9. The van der Waals surface area contributed by atoms with Crippen LogP contribution in [-0.2, 0) is 6.42 Å². The van der Waals surface area contributed by atoms with E-state index in [9.17, 15) is 0 Å². The van der Waals surface area contributed by atoms with Crippen molar-refractivity contribution >= 4 is 26.8 Å². The van der Waals surface area contributed by atoms with Crippen molar-refractivity contribution in [2.24, 2.45) is 5.92 Å². The Morgan fingerprint density at radius 1 is 1.00 bits per heavy atom. The van der Waals surface area contributed by atoms with Gasteiger partial charge in [-0.3, -0.25) is 4.98 Å². The summed E-state index contributed by atoms with van der Waals surface area (Å²) < 4.78 is 0. The Morgan fingerprint density at radius 3 is 2.55 bits per heavy atom. The van der Waals surface area contributed by atoms with Crippen LogP contribution < -0.4 is 0 Å². The number of hydrogen-bond donors (Lipinski definition) is 0. The third-order valence-corrected chi connectivity index (χ3v) is 5.54. The minimum atomic E-state index is 0.578. The molecule has 2 aromatic rings. The molecule has 1 saturated carbocycles. The number of benzene rings is 1. The number of alkyl halides is 1. The maximum atomic E-state index is 4.80. The van der Waals surface area contributed by atoms with Crippen LogP contribution in [0.1, 0.15) is 44.2 Å². The van der Waals surface area contributed by atoms with E-state index in [1.54, 1.807) is 0 Å². The van der Waals surface area contributed by atoms with Gasteiger partial charge in [0.15, 0.2) is 0 Å². The summed E-state index contributed by atoms with van der Waals surface area (Å²) in [7, 11) is 0. The van der Waals surface area contributed by atoms with Crippen molar-refractivity contribution in [3.8, 4) is 0 Å². The van der Waals surface area contributed by atoms with Gasteiger partial charge in [0.2, 0.25) is 0 Å². The summed E-state index contributed by atoms with van der Waals surface area (Å²) in [6.45, 7) is 0. The minimum absolute atomic E-state index is 0.578. The second-order valence-corrected chi connectivity index (χ2v) is 7.14. The lowest BCUT2D eigenvalue weighted by molar-refractivity contribution is 0.444. The van der Waals surface area contributed by atoms with Crippen LogP contribution in [0.15, 0.2) is 36.4 Å². The predicted octanol–water partition coefficient (Wildman–Crippen LogP) is 5.51. The Labute approximate surface area is 129 Å². The molecule has 1 unspecified atom stereocenters. The van der Waals surface area contributed by atoms with E-state index < -0.39 is 0 Å². The fourth-order valence-corrected chi connectivity index (χ4v) is 4.12. The molecule has 0 radical (unpaired) electrons. The second-order valence-electron chi connectivity index (χ2n) is 5.97. The van der Waals surface area contributed by atoms with Crippen molar-refractivity contribution in [3.05, 3.63) is 42.1 Å². The fourth-order valence-electron chi connectivity index (χ4n) is 3.26. The molecule has 20 heavy (non-hydrogen) atoms. The van der Waals surface area contributed by atoms with Gasteiger partial charge >= 0.3 is 0 Å². The van der Waals surface area contributed by atoms with Crippen LogP contribution in [0.2, 0.25) is 0 Å². The van der Waals surface area contributed by atoms with Crippen LogP contribution in [0, 0.1) is 5.92 Å². The lowest BCUT2D eigenvalue weighted by Crippen LogP contribution is -2.17. The first kappa shape index (κ1) is 14.1. The molecule has 1 nitrogen and oxygen atoms in total. The summed E-state index contributed by atoms with van der Waals surface area (Å²) in [4.78, 5) is 5.38. The zero-order valence-electron chi connectivity index (χ0n) is 11.9. The van der Waals surface area contributed by atoms with E-state index in [4.69, 9.17) is 4.98 Å². The molecule has 0 saturated heterocycles. The molecule has 1 fully saturated rings. The molecular weight excluding hydrogens is 310 g/mol. The van der Waals surface area contributed by atoms with Crippen LogP contribution in [0.3, 0.4) is 0 Å². The summed E-state index contributed by atoms with van der Waals surface area (Å²) >= 11 is 3.93. The van der Waals surface area contributed by atoms with Gasteiger partial charge in [0, 0.05) is 22.3 Å². The first-order valence-electron chi connectivity index (χ1n) is 7.82. The number of nitrogens with zero attached hydrogens (tertiary/aromatic N) is 1. The van der Waals surface area contributed by atoms with Crippen molar-refractivity contribution in [1.29, 1.82) is 0 Å². The summed E-state index contributed by atoms with van der Waals surface area (Å²) in [6, 6.07) is 12.8. The summed E-state index contributed by atoms with van der Waals surface area (Å²) in [6.07, 6.45) is 9.45. The average Bonchev–Trinajstić information content (AvgIpc) is 2.76. The molecule has 0 spiro atoms. The quantitative estimate of drug-likeness (QED) is 0.533. The largest absolute Gasteiger partial charge is 0.253 e. The van der Waals surface area contributed by atoms with Gasteiger partial charge in [-0.25, -0.2) is 0 Å². The zero-order chi connectivity index (χ0) is 13.8. The molecule has 1 atom stereocenters. The fraction of sp³-hybridized carbons (Fsp3) is 0.500. The molecular formula is C18H22BrN. The minimum Gasteiger partial charge on any atom is -0.253 e. The molecule has 0 N–H and O–H groups in total. The number of hydrogen-bond acceptors (Lipinski definition) is 1. The van der Waals surface area contributed by atoms with Crippen LogP contribution >= 0.6 is 15.9 Å². The Balaban J connectivity index is 1.71. The molecule has 1 aromatic heterocycles. The van der Waals surface area contributed by atoms with Crippen molar-refractivity contribution in [3.63, 3.8) is 0 Å². The van der Waals surface area contributed by atoms with Gasteiger partial charge in [0.25, 0.3) is 0 Å². The standard InChI is InChI=1S/C18H22BrN/c19-17(14-7-3-1-2-4-8-14)13-16-12-11-15-9-5-6-10-18(15)20-16/h5-6,9-12,14,17H,1-4,7-8,13H2. The second kappa shape index (κ2) is 6.71. The topological polar surface area (TPSA) is 12.9 Å². The van der Waals surface area contributed by atoms with Crippen molar-refractivity contribution in [2.75, 3.05) is 0 Å². The van der Waals surface area contributed by atoms with E-state index >= 15 is 0 Å². The molecule has 0 amide bonds. The van der Waals surface area contributed by atoms with Crippen molar-refractivity contribution < 1.29 is 0 Å². The zero-order valence-corrected chi connectivity index (χ0v) is 13.5. The van der Waals surface area contributed by atoms with Gasteiger partial charge in [-0.15, -0.1) is 0 Å².